The predicted molar refractivity (Wildman–Crippen MR) is 76.8 cm³/mol. The summed E-state index contributed by atoms with van der Waals surface area (Å²) in [5.41, 5.74) is 7.29. The molecule has 110 valence electrons. The molecule has 0 aromatic heterocycles. The van der Waals surface area contributed by atoms with Crippen LogP contribution >= 0.6 is 0 Å². The molecule has 2 N–H and O–H groups in total. The Morgan fingerprint density at radius 3 is 3.05 bits per heavy atom. The van der Waals surface area contributed by atoms with Gasteiger partial charge < -0.3 is 20.1 Å². The predicted octanol–water partition coefficient (Wildman–Crippen LogP) is 1.54. The minimum Gasteiger partial charge on any atom is -0.493 e. The number of rotatable bonds is 4. The van der Waals surface area contributed by atoms with Gasteiger partial charge in [-0.25, -0.2) is 0 Å². The first-order valence-corrected chi connectivity index (χ1v) is 7.03. The largest absolute Gasteiger partial charge is 0.493 e. The van der Waals surface area contributed by atoms with Gasteiger partial charge in [0.05, 0.1) is 18.8 Å². The molecule has 1 heterocycles. The van der Waals surface area contributed by atoms with Crippen molar-refractivity contribution in [2.24, 2.45) is 5.73 Å². The van der Waals surface area contributed by atoms with Gasteiger partial charge in [0.25, 0.3) is 5.91 Å². The van der Waals surface area contributed by atoms with Crippen molar-refractivity contribution in [1.29, 1.82) is 0 Å². The average molecular weight is 278 g/mol. The minimum absolute atomic E-state index is 0.0766. The summed E-state index contributed by atoms with van der Waals surface area (Å²) >= 11 is 0. The van der Waals surface area contributed by atoms with Crippen molar-refractivity contribution in [1.82, 2.24) is 4.90 Å². The van der Waals surface area contributed by atoms with Crippen LogP contribution in [-0.4, -0.2) is 43.3 Å². The van der Waals surface area contributed by atoms with Gasteiger partial charge in [-0.05, 0) is 32.4 Å². The maximum Gasteiger partial charge on any atom is 0.259 e. The fourth-order valence-electron chi connectivity index (χ4n) is 2.36. The summed E-state index contributed by atoms with van der Waals surface area (Å²) in [5.74, 6) is 0.539. The SMILES string of the molecule is CCOc1ccc(C)cc1C(=O)N1CCCOC1CN. The van der Waals surface area contributed by atoms with Gasteiger partial charge in [0.1, 0.15) is 12.0 Å². The topological polar surface area (TPSA) is 64.8 Å². The molecule has 0 aliphatic carbocycles. The van der Waals surface area contributed by atoms with E-state index in [9.17, 15) is 4.79 Å². The molecule has 1 unspecified atom stereocenters. The quantitative estimate of drug-likeness (QED) is 0.907. The molecule has 0 radical (unpaired) electrons. The van der Waals surface area contributed by atoms with Crippen molar-refractivity contribution in [2.45, 2.75) is 26.5 Å². The van der Waals surface area contributed by atoms with E-state index in [0.717, 1.165) is 12.0 Å². The highest BCUT2D eigenvalue weighted by Gasteiger charge is 2.28. The van der Waals surface area contributed by atoms with Crippen LogP contribution in [-0.2, 0) is 4.74 Å². The van der Waals surface area contributed by atoms with Crippen molar-refractivity contribution >= 4 is 5.91 Å². The third kappa shape index (κ3) is 3.11. The molecule has 0 bridgehead atoms. The van der Waals surface area contributed by atoms with E-state index in [1.54, 1.807) is 4.90 Å². The number of hydrogen-bond acceptors (Lipinski definition) is 4. The lowest BCUT2D eigenvalue weighted by Gasteiger charge is -2.35. The van der Waals surface area contributed by atoms with Crippen LogP contribution in [0.25, 0.3) is 0 Å². The zero-order valence-electron chi connectivity index (χ0n) is 12.1. The fourth-order valence-corrected chi connectivity index (χ4v) is 2.36. The number of carbonyl (C=O) groups excluding carboxylic acids is 1. The summed E-state index contributed by atoms with van der Waals surface area (Å²) in [6.07, 6.45) is 0.490. The van der Waals surface area contributed by atoms with E-state index in [-0.39, 0.29) is 12.1 Å². The van der Waals surface area contributed by atoms with Gasteiger partial charge in [-0.1, -0.05) is 11.6 Å². The number of nitrogens with two attached hydrogens (primary N) is 1. The Hall–Kier alpha value is -1.59. The minimum atomic E-state index is -0.341. The van der Waals surface area contributed by atoms with Crippen molar-refractivity contribution in [3.05, 3.63) is 29.3 Å². The molecule has 1 aliphatic rings. The summed E-state index contributed by atoms with van der Waals surface area (Å²) in [4.78, 5) is 14.4. The number of aryl methyl sites for hydroxylation is 1. The van der Waals surface area contributed by atoms with Gasteiger partial charge in [0, 0.05) is 13.1 Å². The van der Waals surface area contributed by atoms with Crippen LogP contribution in [0.3, 0.4) is 0 Å². The lowest BCUT2D eigenvalue weighted by atomic mass is 10.1. The molecule has 5 heteroatoms. The molecule has 1 aromatic rings. The normalized spacial score (nSPS) is 18.9. The van der Waals surface area contributed by atoms with Gasteiger partial charge in [-0.2, -0.15) is 0 Å². The Kier molecular flexibility index (Phi) is 4.98. The number of amides is 1. The molecule has 1 saturated heterocycles. The van der Waals surface area contributed by atoms with Crippen molar-refractivity contribution in [3.8, 4) is 5.75 Å². The van der Waals surface area contributed by atoms with Crippen LogP contribution in [0.2, 0.25) is 0 Å². The van der Waals surface area contributed by atoms with Gasteiger partial charge in [-0.3, -0.25) is 4.79 Å². The monoisotopic (exact) mass is 278 g/mol. The summed E-state index contributed by atoms with van der Waals surface area (Å²) in [5, 5.41) is 0. The standard InChI is InChI=1S/C15H22N2O3/c1-3-19-13-6-5-11(2)9-12(13)15(18)17-7-4-8-20-14(17)10-16/h5-6,9,14H,3-4,7-8,10,16H2,1-2H3. The molecule has 1 amide bonds. The molecule has 0 spiro atoms. The Bertz CT molecular complexity index is 476. The number of nitrogens with zero attached hydrogens (tertiary/aromatic N) is 1. The Morgan fingerprint density at radius 1 is 1.55 bits per heavy atom. The lowest BCUT2D eigenvalue weighted by molar-refractivity contribution is -0.0713. The highest BCUT2D eigenvalue weighted by molar-refractivity contribution is 5.97. The average Bonchev–Trinajstić information content (AvgIpc) is 2.48. The first-order valence-electron chi connectivity index (χ1n) is 7.03. The van der Waals surface area contributed by atoms with Crippen LogP contribution in [0, 0.1) is 6.92 Å². The number of ether oxygens (including phenoxy) is 2. The first kappa shape index (κ1) is 14.8. The molecule has 5 nitrogen and oxygen atoms in total. The maximum absolute atomic E-state index is 12.7. The summed E-state index contributed by atoms with van der Waals surface area (Å²) in [6, 6.07) is 5.64. The molecule has 1 aromatic carbocycles. The van der Waals surface area contributed by atoms with Crippen molar-refractivity contribution < 1.29 is 14.3 Å². The van der Waals surface area contributed by atoms with E-state index in [1.165, 1.54) is 0 Å². The van der Waals surface area contributed by atoms with Crippen LogP contribution in [0.5, 0.6) is 5.75 Å². The van der Waals surface area contributed by atoms with Gasteiger partial charge in [0.2, 0.25) is 0 Å². The number of hydrogen-bond donors (Lipinski definition) is 1. The summed E-state index contributed by atoms with van der Waals surface area (Å²) in [7, 11) is 0. The Balaban J connectivity index is 2.29. The smallest absolute Gasteiger partial charge is 0.259 e. The van der Waals surface area contributed by atoms with Crippen LogP contribution < -0.4 is 10.5 Å². The second-order valence-electron chi connectivity index (χ2n) is 4.85. The van der Waals surface area contributed by atoms with Crippen LogP contribution in [0.1, 0.15) is 29.3 Å². The molecule has 0 saturated carbocycles. The van der Waals surface area contributed by atoms with Gasteiger partial charge >= 0.3 is 0 Å². The second kappa shape index (κ2) is 6.72. The molecular formula is C15H22N2O3. The van der Waals surface area contributed by atoms with Gasteiger partial charge in [-0.15, -0.1) is 0 Å². The highest BCUT2D eigenvalue weighted by atomic mass is 16.5. The molecule has 1 aliphatic heterocycles. The first-order chi connectivity index (χ1) is 9.67. The fraction of sp³-hybridized carbons (Fsp3) is 0.533. The second-order valence-corrected chi connectivity index (χ2v) is 4.85. The Morgan fingerprint density at radius 2 is 2.35 bits per heavy atom. The van der Waals surface area contributed by atoms with Crippen LogP contribution in [0.4, 0.5) is 0 Å². The number of carbonyl (C=O) groups is 1. The Labute approximate surface area is 119 Å². The number of benzene rings is 1. The maximum atomic E-state index is 12.7. The molecule has 20 heavy (non-hydrogen) atoms. The van der Waals surface area contributed by atoms with E-state index in [4.69, 9.17) is 15.2 Å². The zero-order chi connectivity index (χ0) is 14.5. The zero-order valence-corrected chi connectivity index (χ0v) is 12.1. The molecule has 1 fully saturated rings. The van der Waals surface area contributed by atoms with E-state index in [2.05, 4.69) is 0 Å². The van der Waals surface area contributed by atoms with Crippen molar-refractivity contribution in [3.63, 3.8) is 0 Å². The lowest BCUT2D eigenvalue weighted by Crippen LogP contribution is -2.50. The van der Waals surface area contributed by atoms with E-state index in [1.807, 2.05) is 32.0 Å². The highest BCUT2D eigenvalue weighted by Crippen LogP contribution is 2.24. The summed E-state index contributed by atoms with van der Waals surface area (Å²) < 4.78 is 11.1. The van der Waals surface area contributed by atoms with Crippen molar-refractivity contribution in [2.75, 3.05) is 26.3 Å². The van der Waals surface area contributed by atoms with Crippen LogP contribution in [0.15, 0.2) is 18.2 Å². The van der Waals surface area contributed by atoms with E-state index in [0.29, 0.717) is 37.6 Å². The van der Waals surface area contributed by atoms with E-state index < -0.39 is 0 Å². The molecular weight excluding hydrogens is 256 g/mol. The molecule has 1 atom stereocenters. The third-order valence-electron chi connectivity index (χ3n) is 3.33. The summed E-state index contributed by atoms with van der Waals surface area (Å²) in [6.45, 7) is 6.01. The van der Waals surface area contributed by atoms with E-state index >= 15 is 0 Å². The molecule has 2 rings (SSSR count). The third-order valence-corrected chi connectivity index (χ3v) is 3.33. The van der Waals surface area contributed by atoms with Gasteiger partial charge in [0.15, 0.2) is 0 Å².